The normalized spacial score (nSPS) is 12.7. The van der Waals surface area contributed by atoms with Crippen molar-refractivity contribution in [1.29, 1.82) is 0 Å². The predicted octanol–water partition coefficient (Wildman–Crippen LogP) is 5.56. The molecule has 1 N–H and O–H groups in total. The summed E-state index contributed by atoms with van der Waals surface area (Å²) < 4.78 is 1.35. The van der Waals surface area contributed by atoms with Crippen LogP contribution < -0.4 is 5.32 Å². The molecule has 3 rings (SSSR count). The summed E-state index contributed by atoms with van der Waals surface area (Å²) in [5.74, 6) is 0. The molecule has 3 aromatic rings. The van der Waals surface area contributed by atoms with Crippen molar-refractivity contribution in [2.24, 2.45) is 0 Å². The molecule has 0 radical (unpaired) electrons. The standard InChI is InChI=1S/C18H18ClNS/c1-3-20-17(16-11-14(19)8-7-12(16)2)15-6-4-5-13-9-10-21-18(13)15/h4-11,17,20H,3H2,1-2H3. The molecule has 108 valence electrons. The Balaban J connectivity index is 2.18. The van der Waals surface area contributed by atoms with Crippen LogP contribution in [0.5, 0.6) is 0 Å². The van der Waals surface area contributed by atoms with Crippen LogP contribution in [0, 0.1) is 6.92 Å². The Bertz CT molecular complexity index is 763. The molecule has 0 bridgehead atoms. The molecule has 2 aromatic carbocycles. The van der Waals surface area contributed by atoms with E-state index in [2.05, 4.69) is 60.9 Å². The second-order valence-corrected chi connectivity index (χ2v) is 6.53. The summed E-state index contributed by atoms with van der Waals surface area (Å²) in [7, 11) is 0. The lowest BCUT2D eigenvalue weighted by atomic mass is 9.94. The first kappa shape index (κ1) is 14.6. The maximum absolute atomic E-state index is 6.22. The Morgan fingerprint density at radius 3 is 2.81 bits per heavy atom. The fourth-order valence-corrected chi connectivity index (χ4v) is 3.88. The maximum Gasteiger partial charge on any atom is 0.0593 e. The van der Waals surface area contributed by atoms with Crippen molar-refractivity contribution >= 4 is 33.0 Å². The third-order valence-electron chi connectivity index (χ3n) is 3.78. The number of halogens is 1. The van der Waals surface area contributed by atoms with Crippen LogP contribution in [0.1, 0.15) is 29.7 Å². The summed E-state index contributed by atoms with van der Waals surface area (Å²) in [5.41, 5.74) is 3.85. The molecule has 0 fully saturated rings. The number of fused-ring (bicyclic) bond motifs is 1. The molecule has 1 heterocycles. The molecule has 0 aliphatic heterocycles. The molecule has 0 saturated heterocycles. The van der Waals surface area contributed by atoms with Crippen LogP contribution in [0.25, 0.3) is 10.1 Å². The summed E-state index contributed by atoms with van der Waals surface area (Å²) in [5, 5.41) is 7.86. The van der Waals surface area contributed by atoms with E-state index in [9.17, 15) is 0 Å². The van der Waals surface area contributed by atoms with E-state index < -0.39 is 0 Å². The molecular formula is C18H18ClNS. The van der Waals surface area contributed by atoms with Gasteiger partial charge in [0.1, 0.15) is 0 Å². The lowest BCUT2D eigenvalue weighted by Gasteiger charge is -2.22. The van der Waals surface area contributed by atoms with Gasteiger partial charge in [-0.25, -0.2) is 0 Å². The molecule has 1 unspecified atom stereocenters. The zero-order valence-electron chi connectivity index (χ0n) is 12.2. The number of benzene rings is 2. The van der Waals surface area contributed by atoms with E-state index in [-0.39, 0.29) is 6.04 Å². The highest BCUT2D eigenvalue weighted by atomic mass is 35.5. The molecule has 0 aliphatic carbocycles. The van der Waals surface area contributed by atoms with E-state index in [0.29, 0.717) is 0 Å². The minimum Gasteiger partial charge on any atom is -0.306 e. The number of nitrogens with one attached hydrogen (secondary N) is 1. The van der Waals surface area contributed by atoms with Crippen molar-refractivity contribution in [3.8, 4) is 0 Å². The van der Waals surface area contributed by atoms with Crippen LogP contribution in [0.15, 0.2) is 47.8 Å². The summed E-state index contributed by atoms with van der Waals surface area (Å²) in [4.78, 5) is 0. The van der Waals surface area contributed by atoms with Gasteiger partial charge in [0.05, 0.1) is 6.04 Å². The molecule has 3 heteroatoms. The van der Waals surface area contributed by atoms with Crippen LogP contribution >= 0.6 is 22.9 Å². The van der Waals surface area contributed by atoms with Crippen molar-refractivity contribution < 1.29 is 0 Å². The first-order valence-electron chi connectivity index (χ1n) is 7.16. The molecule has 0 aliphatic rings. The smallest absolute Gasteiger partial charge is 0.0593 e. The zero-order valence-corrected chi connectivity index (χ0v) is 13.8. The fraction of sp³-hybridized carbons (Fsp3) is 0.222. The first-order chi connectivity index (χ1) is 10.2. The zero-order chi connectivity index (χ0) is 14.8. The topological polar surface area (TPSA) is 12.0 Å². The van der Waals surface area contributed by atoms with E-state index in [0.717, 1.165) is 11.6 Å². The van der Waals surface area contributed by atoms with E-state index in [1.54, 1.807) is 11.3 Å². The van der Waals surface area contributed by atoms with Crippen LogP contribution in [0.2, 0.25) is 5.02 Å². The number of aryl methyl sites for hydroxylation is 1. The minimum atomic E-state index is 0.177. The molecule has 0 saturated carbocycles. The van der Waals surface area contributed by atoms with Gasteiger partial charge in [0.15, 0.2) is 0 Å². The number of hydrogen-bond acceptors (Lipinski definition) is 2. The van der Waals surface area contributed by atoms with Crippen molar-refractivity contribution in [3.63, 3.8) is 0 Å². The van der Waals surface area contributed by atoms with E-state index in [1.807, 2.05) is 6.07 Å². The van der Waals surface area contributed by atoms with Gasteiger partial charge >= 0.3 is 0 Å². The molecule has 1 atom stereocenters. The van der Waals surface area contributed by atoms with Gasteiger partial charge in [-0.15, -0.1) is 11.3 Å². The third-order valence-corrected chi connectivity index (χ3v) is 5.00. The van der Waals surface area contributed by atoms with Crippen LogP contribution in [-0.4, -0.2) is 6.54 Å². The highest BCUT2D eigenvalue weighted by Crippen LogP contribution is 2.34. The number of hydrogen-bond donors (Lipinski definition) is 1. The van der Waals surface area contributed by atoms with Gasteiger partial charge in [0.2, 0.25) is 0 Å². The van der Waals surface area contributed by atoms with Gasteiger partial charge in [-0.05, 0) is 59.1 Å². The highest BCUT2D eigenvalue weighted by molar-refractivity contribution is 7.17. The first-order valence-corrected chi connectivity index (χ1v) is 8.42. The molecule has 1 aromatic heterocycles. The Kier molecular flexibility index (Phi) is 4.29. The Morgan fingerprint density at radius 1 is 1.14 bits per heavy atom. The Hall–Kier alpha value is -1.35. The maximum atomic E-state index is 6.22. The molecule has 1 nitrogen and oxygen atoms in total. The van der Waals surface area contributed by atoms with Crippen LogP contribution in [-0.2, 0) is 0 Å². The lowest BCUT2D eigenvalue weighted by molar-refractivity contribution is 0.632. The average molecular weight is 316 g/mol. The van der Waals surface area contributed by atoms with Gasteiger partial charge in [-0.1, -0.05) is 42.8 Å². The average Bonchev–Trinajstić information content (AvgIpc) is 2.96. The fourth-order valence-electron chi connectivity index (χ4n) is 2.76. The van der Waals surface area contributed by atoms with Crippen LogP contribution in [0.3, 0.4) is 0 Å². The number of thiophene rings is 1. The van der Waals surface area contributed by atoms with Crippen molar-refractivity contribution in [1.82, 2.24) is 5.32 Å². The Labute approximate surface area is 134 Å². The van der Waals surface area contributed by atoms with Crippen molar-refractivity contribution in [2.75, 3.05) is 6.54 Å². The monoisotopic (exact) mass is 315 g/mol. The van der Waals surface area contributed by atoms with Gasteiger partial charge in [0.25, 0.3) is 0 Å². The SMILES string of the molecule is CCNC(c1cc(Cl)ccc1C)c1cccc2ccsc12. The van der Waals surface area contributed by atoms with Crippen molar-refractivity contribution in [3.05, 3.63) is 69.6 Å². The van der Waals surface area contributed by atoms with Crippen molar-refractivity contribution in [2.45, 2.75) is 19.9 Å². The molecule has 0 amide bonds. The summed E-state index contributed by atoms with van der Waals surface area (Å²) in [6.45, 7) is 5.20. The highest BCUT2D eigenvalue weighted by Gasteiger charge is 2.18. The summed E-state index contributed by atoms with van der Waals surface area (Å²) in [6.07, 6.45) is 0. The van der Waals surface area contributed by atoms with Gasteiger partial charge in [-0.2, -0.15) is 0 Å². The second kappa shape index (κ2) is 6.18. The predicted molar refractivity (Wildman–Crippen MR) is 93.5 cm³/mol. The number of rotatable bonds is 4. The quantitative estimate of drug-likeness (QED) is 0.664. The largest absolute Gasteiger partial charge is 0.306 e. The van der Waals surface area contributed by atoms with Gasteiger partial charge < -0.3 is 5.32 Å². The van der Waals surface area contributed by atoms with E-state index in [1.165, 1.54) is 26.8 Å². The van der Waals surface area contributed by atoms with Crippen LogP contribution in [0.4, 0.5) is 0 Å². The summed E-state index contributed by atoms with van der Waals surface area (Å²) in [6, 6.07) is 15.0. The second-order valence-electron chi connectivity index (χ2n) is 5.18. The van der Waals surface area contributed by atoms with Gasteiger partial charge in [0, 0.05) is 9.72 Å². The lowest BCUT2D eigenvalue weighted by Crippen LogP contribution is -2.22. The van der Waals surface area contributed by atoms with E-state index in [4.69, 9.17) is 11.6 Å². The van der Waals surface area contributed by atoms with Gasteiger partial charge in [-0.3, -0.25) is 0 Å². The third kappa shape index (κ3) is 2.84. The molecule has 21 heavy (non-hydrogen) atoms. The minimum absolute atomic E-state index is 0.177. The Morgan fingerprint density at radius 2 is 2.00 bits per heavy atom. The summed E-state index contributed by atoms with van der Waals surface area (Å²) >= 11 is 8.02. The van der Waals surface area contributed by atoms with E-state index >= 15 is 0 Å². The molecular weight excluding hydrogens is 298 g/mol. The molecule has 0 spiro atoms.